The number of anilines is 1. The van der Waals surface area contributed by atoms with Crippen LogP contribution < -0.4 is 10.7 Å². The van der Waals surface area contributed by atoms with Gasteiger partial charge in [-0.05, 0) is 37.6 Å². The number of hydrogen-bond acceptors (Lipinski definition) is 4. The Labute approximate surface area is 117 Å². The average molecular weight is 271 g/mol. The van der Waals surface area contributed by atoms with E-state index in [9.17, 15) is 4.79 Å². The Morgan fingerprint density at radius 3 is 2.75 bits per heavy atom. The van der Waals surface area contributed by atoms with Crippen LogP contribution in [0.15, 0.2) is 52.2 Å². The second-order valence-corrected chi connectivity index (χ2v) is 4.38. The highest BCUT2D eigenvalue weighted by atomic mass is 16.3. The molecular weight excluding hydrogens is 254 g/mol. The zero-order chi connectivity index (χ0) is 14.4. The van der Waals surface area contributed by atoms with Crippen molar-refractivity contribution in [3.63, 3.8) is 0 Å². The van der Waals surface area contributed by atoms with Gasteiger partial charge in [0.05, 0.1) is 12.8 Å². The predicted octanol–water partition coefficient (Wildman–Crippen LogP) is 2.54. The van der Waals surface area contributed by atoms with Crippen LogP contribution >= 0.6 is 0 Å². The molecule has 0 unspecified atom stereocenters. The molecule has 0 bridgehead atoms. The molecule has 1 heterocycles. The smallest absolute Gasteiger partial charge is 0.259 e. The summed E-state index contributed by atoms with van der Waals surface area (Å²) in [5.41, 5.74) is 5.14. The molecule has 0 aliphatic carbocycles. The molecular formula is C15H17N3O2. The van der Waals surface area contributed by atoms with Crippen LogP contribution in [-0.2, 0) is 4.79 Å². The van der Waals surface area contributed by atoms with Gasteiger partial charge in [0, 0.05) is 5.69 Å². The third-order valence-electron chi connectivity index (χ3n) is 2.81. The molecule has 0 saturated heterocycles. The largest absolute Gasteiger partial charge is 0.463 e. The van der Waals surface area contributed by atoms with Crippen LogP contribution in [0.3, 0.4) is 0 Å². The van der Waals surface area contributed by atoms with E-state index in [-0.39, 0.29) is 12.5 Å². The molecule has 1 aromatic heterocycles. The molecule has 2 rings (SSSR count). The summed E-state index contributed by atoms with van der Waals surface area (Å²) in [5.74, 6) is 0.427. The Morgan fingerprint density at radius 2 is 2.05 bits per heavy atom. The lowest BCUT2D eigenvalue weighted by Crippen LogP contribution is -2.26. The van der Waals surface area contributed by atoms with E-state index in [1.54, 1.807) is 25.3 Å². The number of amides is 1. The lowest BCUT2D eigenvalue weighted by molar-refractivity contribution is -0.119. The van der Waals surface area contributed by atoms with Crippen molar-refractivity contribution < 1.29 is 9.21 Å². The van der Waals surface area contributed by atoms with E-state index in [1.165, 1.54) is 0 Å². The van der Waals surface area contributed by atoms with Crippen LogP contribution in [0, 0.1) is 6.92 Å². The highest BCUT2D eigenvalue weighted by Crippen LogP contribution is 2.12. The maximum absolute atomic E-state index is 11.7. The van der Waals surface area contributed by atoms with Crippen LogP contribution in [0.25, 0.3) is 0 Å². The van der Waals surface area contributed by atoms with Gasteiger partial charge < -0.3 is 9.73 Å². The van der Waals surface area contributed by atoms with Gasteiger partial charge in [-0.3, -0.25) is 4.79 Å². The van der Waals surface area contributed by atoms with E-state index in [2.05, 4.69) is 15.8 Å². The molecule has 0 aliphatic heterocycles. The maximum atomic E-state index is 11.7. The number of furan rings is 1. The van der Waals surface area contributed by atoms with E-state index >= 15 is 0 Å². The number of nitrogens with one attached hydrogen (secondary N) is 2. The van der Waals surface area contributed by atoms with Gasteiger partial charge in [0.2, 0.25) is 0 Å². The first kappa shape index (κ1) is 13.9. The quantitative estimate of drug-likeness (QED) is 0.648. The number of benzene rings is 1. The number of carbonyl (C=O) groups is 1. The zero-order valence-corrected chi connectivity index (χ0v) is 11.5. The average Bonchev–Trinajstić information content (AvgIpc) is 2.98. The van der Waals surface area contributed by atoms with Gasteiger partial charge in [0.25, 0.3) is 5.91 Å². The second-order valence-electron chi connectivity index (χ2n) is 4.38. The van der Waals surface area contributed by atoms with E-state index in [0.717, 1.165) is 11.3 Å². The van der Waals surface area contributed by atoms with Crippen LogP contribution in [0.4, 0.5) is 5.69 Å². The van der Waals surface area contributed by atoms with Crippen molar-refractivity contribution >= 4 is 17.3 Å². The molecule has 0 atom stereocenters. The number of para-hydroxylation sites is 1. The van der Waals surface area contributed by atoms with Gasteiger partial charge in [-0.2, -0.15) is 5.10 Å². The molecule has 5 heteroatoms. The summed E-state index contributed by atoms with van der Waals surface area (Å²) in [5, 5.41) is 7.05. The first-order valence-electron chi connectivity index (χ1n) is 6.33. The highest BCUT2D eigenvalue weighted by Gasteiger charge is 2.03. The molecule has 2 aromatic rings. The fourth-order valence-corrected chi connectivity index (χ4v) is 1.67. The molecule has 5 nitrogen and oxygen atoms in total. The van der Waals surface area contributed by atoms with Crippen molar-refractivity contribution in [3.8, 4) is 0 Å². The van der Waals surface area contributed by atoms with Gasteiger partial charge in [0.1, 0.15) is 11.5 Å². The van der Waals surface area contributed by atoms with Crippen molar-refractivity contribution in [1.82, 2.24) is 5.43 Å². The van der Waals surface area contributed by atoms with E-state index in [1.807, 2.05) is 31.2 Å². The van der Waals surface area contributed by atoms with E-state index in [4.69, 9.17) is 4.42 Å². The maximum Gasteiger partial charge on any atom is 0.259 e. The monoisotopic (exact) mass is 271 g/mol. The number of nitrogens with zero attached hydrogens (tertiary/aromatic N) is 1. The summed E-state index contributed by atoms with van der Waals surface area (Å²) in [6, 6.07) is 11.4. The summed E-state index contributed by atoms with van der Waals surface area (Å²) < 4.78 is 5.17. The minimum Gasteiger partial charge on any atom is -0.463 e. The van der Waals surface area contributed by atoms with E-state index in [0.29, 0.717) is 11.5 Å². The fraction of sp³-hybridized carbons (Fsp3) is 0.200. The van der Waals surface area contributed by atoms with Gasteiger partial charge in [-0.25, -0.2) is 5.43 Å². The van der Waals surface area contributed by atoms with Crippen LogP contribution in [0.5, 0.6) is 0 Å². The van der Waals surface area contributed by atoms with Crippen molar-refractivity contribution in [1.29, 1.82) is 0 Å². The van der Waals surface area contributed by atoms with Crippen LogP contribution in [-0.4, -0.2) is 18.2 Å². The normalized spacial score (nSPS) is 11.2. The minimum absolute atomic E-state index is 0.166. The topological polar surface area (TPSA) is 66.6 Å². The lowest BCUT2D eigenvalue weighted by atomic mass is 10.2. The summed E-state index contributed by atoms with van der Waals surface area (Å²) in [6.45, 7) is 3.92. The Bertz CT molecular complexity index is 603. The number of hydrazone groups is 1. The number of rotatable bonds is 5. The Morgan fingerprint density at radius 1 is 1.25 bits per heavy atom. The first-order valence-corrected chi connectivity index (χ1v) is 6.33. The molecule has 1 amide bonds. The number of carbonyl (C=O) groups excluding carboxylic acids is 1. The predicted molar refractivity (Wildman–Crippen MR) is 78.7 cm³/mol. The van der Waals surface area contributed by atoms with E-state index < -0.39 is 0 Å². The standard InChI is InChI=1S/C15H17N3O2/c1-11-6-3-4-7-13(11)16-10-15(19)18-17-12(2)14-8-5-9-20-14/h3-9,16H,10H2,1-2H3,(H,18,19)/b17-12+. The van der Waals surface area contributed by atoms with Gasteiger partial charge in [0.15, 0.2) is 0 Å². The van der Waals surface area contributed by atoms with Crippen molar-refractivity contribution in [2.75, 3.05) is 11.9 Å². The molecule has 0 spiro atoms. The Hall–Kier alpha value is -2.56. The summed E-state index contributed by atoms with van der Waals surface area (Å²) in [6.07, 6.45) is 1.57. The Kier molecular flexibility index (Phi) is 4.55. The molecule has 0 radical (unpaired) electrons. The summed E-state index contributed by atoms with van der Waals surface area (Å²) in [4.78, 5) is 11.7. The molecule has 1 aromatic carbocycles. The fourth-order valence-electron chi connectivity index (χ4n) is 1.67. The van der Waals surface area contributed by atoms with Crippen molar-refractivity contribution in [2.45, 2.75) is 13.8 Å². The number of aryl methyl sites for hydroxylation is 1. The molecule has 2 N–H and O–H groups in total. The summed E-state index contributed by atoms with van der Waals surface area (Å²) in [7, 11) is 0. The Balaban J connectivity index is 1.84. The molecule has 0 fully saturated rings. The third-order valence-corrected chi connectivity index (χ3v) is 2.81. The molecule has 0 saturated carbocycles. The summed E-state index contributed by atoms with van der Waals surface area (Å²) >= 11 is 0. The van der Waals surface area contributed by atoms with Gasteiger partial charge >= 0.3 is 0 Å². The minimum atomic E-state index is -0.209. The SMILES string of the molecule is C/C(=N\NC(=O)CNc1ccccc1C)c1ccco1. The highest BCUT2D eigenvalue weighted by molar-refractivity contribution is 5.96. The zero-order valence-electron chi connectivity index (χ0n) is 11.5. The van der Waals surface area contributed by atoms with Gasteiger partial charge in [-0.1, -0.05) is 18.2 Å². The van der Waals surface area contributed by atoms with Crippen LogP contribution in [0.1, 0.15) is 18.2 Å². The van der Waals surface area contributed by atoms with Crippen molar-refractivity contribution in [2.24, 2.45) is 5.10 Å². The van der Waals surface area contributed by atoms with Crippen LogP contribution in [0.2, 0.25) is 0 Å². The third kappa shape index (κ3) is 3.71. The molecule has 0 aliphatic rings. The number of hydrogen-bond donors (Lipinski definition) is 2. The van der Waals surface area contributed by atoms with Crippen molar-refractivity contribution in [3.05, 3.63) is 54.0 Å². The lowest BCUT2D eigenvalue weighted by Gasteiger charge is -2.08. The first-order chi connectivity index (χ1) is 9.66. The van der Waals surface area contributed by atoms with Gasteiger partial charge in [-0.15, -0.1) is 0 Å². The molecule has 104 valence electrons. The second kappa shape index (κ2) is 6.56. The molecule has 20 heavy (non-hydrogen) atoms.